The maximum Gasteiger partial charge on any atom is 0.181 e. The van der Waals surface area contributed by atoms with E-state index in [1.807, 2.05) is 48.5 Å². The monoisotopic (exact) mass is 371 g/mol. The highest BCUT2D eigenvalue weighted by molar-refractivity contribution is 7.10. The third-order valence-corrected chi connectivity index (χ3v) is 6.13. The summed E-state index contributed by atoms with van der Waals surface area (Å²) in [5.41, 5.74) is 3.90. The molecule has 0 bridgehead atoms. The van der Waals surface area contributed by atoms with E-state index in [0.29, 0.717) is 0 Å². The zero-order chi connectivity index (χ0) is 18.2. The van der Waals surface area contributed by atoms with Crippen molar-refractivity contribution in [2.75, 3.05) is 0 Å². The summed E-state index contributed by atoms with van der Waals surface area (Å²) in [6.45, 7) is 0. The smallest absolute Gasteiger partial charge is 0.181 e. The molecule has 2 aromatic carbocycles. The van der Waals surface area contributed by atoms with E-state index >= 15 is 0 Å². The predicted octanol–water partition coefficient (Wildman–Crippen LogP) is 4.87. The highest BCUT2D eigenvalue weighted by atomic mass is 32.1. The normalized spacial score (nSPS) is 20.0. The first kappa shape index (κ1) is 16.1. The zero-order valence-corrected chi connectivity index (χ0v) is 15.3. The molecule has 0 radical (unpaired) electrons. The molecule has 0 fully saturated rings. The Balaban J connectivity index is 1.65. The largest absolute Gasteiger partial charge is 0.292 e. The maximum atomic E-state index is 13.3. The number of allylic oxidation sites excluding steroid dienone is 2. The van der Waals surface area contributed by atoms with Crippen LogP contribution in [-0.4, -0.2) is 20.8 Å². The molecule has 4 nitrogen and oxygen atoms in total. The van der Waals surface area contributed by atoms with Crippen molar-refractivity contribution < 1.29 is 4.79 Å². The number of thiophene rings is 1. The lowest BCUT2D eigenvalue weighted by molar-refractivity contribution is -0.118. The van der Waals surface area contributed by atoms with E-state index in [1.54, 1.807) is 22.1 Å². The van der Waals surface area contributed by atoms with Gasteiger partial charge in [-0.05, 0) is 47.2 Å². The van der Waals surface area contributed by atoms with Crippen molar-refractivity contribution in [2.45, 2.75) is 18.4 Å². The first-order valence-electron chi connectivity index (χ1n) is 8.94. The first-order chi connectivity index (χ1) is 13.3. The number of fused-ring (bicyclic) bond motifs is 1. The van der Waals surface area contributed by atoms with E-state index in [4.69, 9.17) is 0 Å². The third-order valence-electron chi connectivity index (χ3n) is 5.12. The number of rotatable bonds is 3. The van der Waals surface area contributed by atoms with Gasteiger partial charge in [-0.2, -0.15) is 0 Å². The fourth-order valence-electron chi connectivity index (χ4n) is 3.86. The molecule has 2 atom stereocenters. The molecule has 0 unspecified atom stereocenters. The van der Waals surface area contributed by atoms with Gasteiger partial charge in [0.2, 0.25) is 0 Å². The number of hydrogen-bond acceptors (Lipinski definition) is 4. The van der Waals surface area contributed by atoms with Crippen molar-refractivity contribution in [3.05, 3.63) is 88.6 Å². The lowest BCUT2D eigenvalue weighted by Crippen LogP contribution is -2.29. The van der Waals surface area contributed by atoms with Gasteiger partial charge in [0.05, 0.1) is 5.52 Å². The number of aromatic nitrogens is 3. The van der Waals surface area contributed by atoms with Crippen LogP contribution in [0.4, 0.5) is 0 Å². The minimum atomic E-state index is -0.372. The summed E-state index contributed by atoms with van der Waals surface area (Å²) in [4.78, 5) is 14.5. The van der Waals surface area contributed by atoms with Gasteiger partial charge in [-0.1, -0.05) is 53.7 Å². The van der Waals surface area contributed by atoms with Gasteiger partial charge in [0, 0.05) is 10.8 Å². The van der Waals surface area contributed by atoms with Gasteiger partial charge in [0.25, 0.3) is 0 Å². The van der Waals surface area contributed by atoms with E-state index in [9.17, 15) is 4.79 Å². The molecule has 1 aliphatic rings. The number of carbonyl (C=O) groups excluding carboxylic acids is 1. The second-order valence-corrected chi connectivity index (χ2v) is 7.71. The Bertz CT molecular complexity index is 1130. The third kappa shape index (κ3) is 2.80. The number of hydrogen-bond donors (Lipinski definition) is 0. The van der Waals surface area contributed by atoms with Crippen LogP contribution in [0, 0.1) is 0 Å². The highest BCUT2D eigenvalue weighted by Gasteiger charge is 2.37. The molecule has 2 aromatic heterocycles. The highest BCUT2D eigenvalue weighted by Crippen LogP contribution is 2.44. The molecule has 5 rings (SSSR count). The van der Waals surface area contributed by atoms with Crippen molar-refractivity contribution in [2.24, 2.45) is 0 Å². The zero-order valence-electron chi connectivity index (χ0n) is 14.5. The molecule has 0 amide bonds. The standard InChI is InChI=1S/C22H17N3OS/c26-20-14-16(15-7-2-1-3-8-15)13-17(21-11-6-12-27-21)22(20)25-19-10-5-4-9-18(19)23-24-25/h1-12,14,17,22H,13H2/t17-,22-/m1/s1. The number of ketones is 1. The molecule has 5 heteroatoms. The number of benzene rings is 2. The van der Waals surface area contributed by atoms with Gasteiger partial charge < -0.3 is 0 Å². The molecule has 27 heavy (non-hydrogen) atoms. The van der Waals surface area contributed by atoms with E-state index in [1.165, 1.54) is 4.88 Å². The molecule has 0 saturated heterocycles. The minimum Gasteiger partial charge on any atom is -0.292 e. The van der Waals surface area contributed by atoms with Crippen LogP contribution in [0.15, 0.2) is 78.2 Å². The topological polar surface area (TPSA) is 47.8 Å². The molecule has 0 aliphatic heterocycles. The molecule has 2 heterocycles. The Labute approximate surface area is 160 Å². The summed E-state index contributed by atoms with van der Waals surface area (Å²) in [6.07, 6.45) is 2.59. The number of para-hydroxylation sites is 1. The Kier molecular flexibility index (Phi) is 3.94. The van der Waals surface area contributed by atoms with E-state index in [2.05, 4.69) is 33.9 Å². The molecule has 132 valence electrons. The van der Waals surface area contributed by atoms with E-state index < -0.39 is 0 Å². The van der Waals surface area contributed by atoms with Gasteiger partial charge in [0.15, 0.2) is 5.78 Å². The summed E-state index contributed by atoms with van der Waals surface area (Å²) < 4.78 is 1.81. The minimum absolute atomic E-state index is 0.0443. The summed E-state index contributed by atoms with van der Waals surface area (Å²) >= 11 is 1.69. The van der Waals surface area contributed by atoms with Crippen LogP contribution >= 0.6 is 11.3 Å². The average Bonchev–Trinajstić information content (AvgIpc) is 3.38. The molecular weight excluding hydrogens is 354 g/mol. The summed E-state index contributed by atoms with van der Waals surface area (Å²) in [5, 5.41) is 10.7. The van der Waals surface area contributed by atoms with Crippen LogP contribution in [0.1, 0.15) is 28.8 Å². The molecular formula is C22H17N3OS. The van der Waals surface area contributed by atoms with Crippen LogP contribution < -0.4 is 0 Å². The second-order valence-electron chi connectivity index (χ2n) is 6.73. The summed E-state index contributed by atoms with van der Waals surface area (Å²) in [7, 11) is 0. The van der Waals surface area contributed by atoms with Crippen molar-refractivity contribution >= 4 is 33.7 Å². The number of carbonyl (C=O) groups is 1. The molecule has 0 saturated carbocycles. The molecule has 0 spiro atoms. The maximum absolute atomic E-state index is 13.3. The Hall–Kier alpha value is -3.05. The van der Waals surface area contributed by atoms with Crippen molar-refractivity contribution in [1.82, 2.24) is 15.0 Å². The van der Waals surface area contributed by atoms with Gasteiger partial charge in [-0.25, -0.2) is 4.68 Å². The van der Waals surface area contributed by atoms with Crippen LogP contribution in [0.5, 0.6) is 0 Å². The summed E-state index contributed by atoms with van der Waals surface area (Å²) in [5.74, 6) is 0.122. The lowest BCUT2D eigenvalue weighted by atomic mass is 9.80. The first-order valence-corrected chi connectivity index (χ1v) is 9.82. The van der Waals surface area contributed by atoms with Crippen LogP contribution in [0.25, 0.3) is 16.6 Å². The van der Waals surface area contributed by atoms with Gasteiger partial charge in [-0.15, -0.1) is 16.4 Å². The Morgan fingerprint density at radius 2 is 1.78 bits per heavy atom. The molecule has 1 aliphatic carbocycles. The quantitative estimate of drug-likeness (QED) is 0.516. The Morgan fingerprint density at radius 1 is 0.963 bits per heavy atom. The molecule has 4 aromatic rings. The van der Waals surface area contributed by atoms with Crippen molar-refractivity contribution in [3.63, 3.8) is 0 Å². The fourth-order valence-corrected chi connectivity index (χ4v) is 4.72. The molecule has 0 N–H and O–H groups in total. The van der Waals surface area contributed by atoms with Gasteiger partial charge >= 0.3 is 0 Å². The Morgan fingerprint density at radius 3 is 2.59 bits per heavy atom. The number of nitrogens with zero attached hydrogens (tertiary/aromatic N) is 3. The predicted molar refractivity (Wildman–Crippen MR) is 108 cm³/mol. The van der Waals surface area contributed by atoms with E-state index in [-0.39, 0.29) is 17.7 Å². The van der Waals surface area contributed by atoms with Crippen molar-refractivity contribution in [3.8, 4) is 0 Å². The van der Waals surface area contributed by atoms with Crippen LogP contribution in [0.3, 0.4) is 0 Å². The SMILES string of the molecule is O=C1C=C(c2ccccc2)C[C@H](c2cccs2)[C@H]1n1nnc2ccccc21. The van der Waals surface area contributed by atoms with E-state index in [0.717, 1.165) is 28.6 Å². The van der Waals surface area contributed by atoms with Gasteiger partial charge in [0.1, 0.15) is 11.6 Å². The van der Waals surface area contributed by atoms with Crippen LogP contribution in [0.2, 0.25) is 0 Å². The summed E-state index contributed by atoms with van der Waals surface area (Å²) in [6, 6.07) is 21.7. The van der Waals surface area contributed by atoms with Crippen molar-refractivity contribution in [1.29, 1.82) is 0 Å². The fraction of sp³-hybridized carbons (Fsp3) is 0.136. The average molecular weight is 371 g/mol. The lowest BCUT2D eigenvalue weighted by Gasteiger charge is -2.30. The van der Waals surface area contributed by atoms with Crippen LogP contribution in [-0.2, 0) is 4.79 Å². The second kappa shape index (κ2) is 6.59. The van der Waals surface area contributed by atoms with Gasteiger partial charge in [-0.3, -0.25) is 4.79 Å².